The molecule has 0 saturated carbocycles. The van der Waals surface area contributed by atoms with Gasteiger partial charge >= 0.3 is 0 Å². The van der Waals surface area contributed by atoms with Gasteiger partial charge in [0.1, 0.15) is 0 Å². The predicted molar refractivity (Wildman–Crippen MR) is 81.0 cm³/mol. The van der Waals surface area contributed by atoms with Gasteiger partial charge in [0.25, 0.3) is 0 Å². The van der Waals surface area contributed by atoms with Gasteiger partial charge in [-0.15, -0.1) is 12.4 Å². The van der Waals surface area contributed by atoms with E-state index in [9.17, 15) is 0 Å². The topological polar surface area (TPSA) is 60.0 Å². The van der Waals surface area contributed by atoms with Crippen LogP contribution in [0.4, 0.5) is 0 Å². The zero-order valence-corrected chi connectivity index (χ0v) is 12.9. The molecule has 5 nitrogen and oxygen atoms in total. The van der Waals surface area contributed by atoms with Crippen molar-refractivity contribution >= 4 is 12.4 Å². The molecule has 0 aliphatic heterocycles. The highest BCUT2D eigenvalue weighted by Crippen LogP contribution is 2.30. The summed E-state index contributed by atoms with van der Waals surface area (Å²) in [5, 5.41) is 11.8. The largest absolute Gasteiger partial charge is 0.493 e. The smallest absolute Gasteiger partial charge is 0.165 e. The minimum atomic E-state index is 0. The van der Waals surface area contributed by atoms with Crippen LogP contribution >= 0.6 is 12.4 Å². The fourth-order valence-corrected chi connectivity index (χ4v) is 1.70. The first kappa shape index (κ1) is 19.0. The van der Waals surface area contributed by atoms with E-state index in [0.29, 0.717) is 26.4 Å². The molecule has 1 aromatic carbocycles. The third kappa shape index (κ3) is 6.43. The molecule has 2 N–H and O–H groups in total. The molecule has 0 radical (unpaired) electrons. The SMILES string of the molecule is CCOc1c(CNCCOCCO)cccc1OC.Cl. The molecule has 1 aromatic rings. The van der Waals surface area contributed by atoms with E-state index in [1.807, 2.05) is 25.1 Å². The maximum atomic E-state index is 8.58. The van der Waals surface area contributed by atoms with E-state index in [1.165, 1.54) is 0 Å². The second-order valence-corrected chi connectivity index (χ2v) is 3.89. The summed E-state index contributed by atoms with van der Waals surface area (Å²) in [5.41, 5.74) is 1.06. The molecule has 0 aliphatic rings. The molecule has 0 fully saturated rings. The predicted octanol–water partition coefficient (Wildman–Crippen LogP) is 1.61. The number of rotatable bonds is 10. The highest BCUT2D eigenvalue weighted by molar-refractivity contribution is 5.85. The van der Waals surface area contributed by atoms with Crippen molar-refractivity contribution in [3.8, 4) is 11.5 Å². The van der Waals surface area contributed by atoms with Crippen molar-refractivity contribution in [2.24, 2.45) is 0 Å². The van der Waals surface area contributed by atoms with Gasteiger partial charge in [-0.3, -0.25) is 0 Å². The quantitative estimate of drug-likeness (QED) is 0.643. The standard InChI is InChI=1S/C14H23NO4.ClH/c1-3-19-14-12(5-4-6-13(14)17-2)11-15-7-9-18-10-8-16;/h4-6,15-16H,3,7-11H2,1-2H3;1H. The van der Waals surface area contributed by atoms with Crippen molar-refractivity contribution in [1.29, 1.82) is 0 Å². The number of benzene rings is 1. The minimum Gasteiger partial charge on any atom is -0.493 e. The molecule has 0 saturated heterocycles. The van der Waals surface area contributed by atoms with E-state index >= 15 is 0 Å². The van der Waals surface area contributed by atoms with Gasteiger partial charge in [0.2, 0.25) is 0 Å². The van der Waals surface area contributed by atoms with Crippen molar-refractivity contribution in [2.45, 2.75) is 13.5 Å². The van der Waals surface area contributed by atoms with Crippen LogP contribution in [-0.2, 0) is 11.3 Å². The summed E-state index contributed by atoms with van der Waals surface area (Å²) in [6.07, 6.45) is 0. The maximum absolute atomic E-state index is 8.58. The molecule has 0 atom stereocenters. The van der Waals surface area contributed by atoms with E-state index in [-0.39, 0.29) is 19.0 Å². The summed E-state index contributed by atoms with van der Waals surface area (Å²) in [5.74, 6) is 1.54. The van der Waals surface area contributed by atoms with Crippen LogP contribution in [0, 0.1) is 0 Å². The monoisotopic (exact) mass is 305 g/mol. The summed E-state index contributed by atoms with van der Waals surface area (Å²) in [7, 11) is 1.64. The summed E-state index contributed by atoms with van der Waals surface area (Å²) in [4.78, 5) is 0. The lowest BCUT2D eigenvalue weighted by atomic mass is 10.2. The fourth-order valence-electron chi connectivity index (χ4n) is 1.70. The number of aliphatic hydroxyl groups excluding tert-OH is 1. The first-order chi connectivity index (χ1) is 9.33. The molecule has 6 heteroatoms. The molecule has 116 valence electrons. The Kier molecular flexibility index (Phi) is 11.2. The van der Waals surface area contributed by atoms with Gasteiger partial charge in [-0.2, -0.15) is 0 Å². The van der Waals surface area contributed by atoms with Crippen molar-refractivity contribution in [1.82, 2.24) is 5.32 Å². The Balaban J connectivity index is 0.00000361. The van der Waals surface area contributed by atoms with Gasteiger partial charge in [-0.1, -0.05) is 12.1 Å². The summed E-state index contributed by atoms with van der Waals surface area (Å²) < 4.78 is 16.1. The lowest BCUT2D eigenvalue weighted by Crippen LogP contribution is -2.20. The first-order valence-corrected chi connectivity index (χ1v) is 6.51. The van der Waals surface area contributed by atoms with Gasteiger partial charge in [0.05, 0.1) is 33.5 Å². The van der Waals surface area contributed by atoms with Crippen molar-refractivity contribution < 1.29 is 19.3 Å². The highest BCUT2D eigenvalue weighted by Gasteiger charge is 2.09. The van der Waals surface area contributed by atoms with Crippen LogP contribution < -0.4 is 14.8 Å². The third-order valence-corrected chi connectivity index (χ3v) is 2.54. The fraction of sp³-hybridized carbons (Fsp3) is 0.571. The number of nitrogens with one attached hydrogen (secondary N) is 1. The maximum Gasteiger partial charge on any atom is 0.165 e. The Morgan fingerprint density at radius 2 is 2.05 bits per heavy atom. The van der Waals surface area contributed by atoms with Crippen LogP contribution in [-0.4, -0.2) is 45.2 Å². The van der Waals surface area contributed by atoms with Gasteiger partial charge in [0.15, 0.2) is 11.5 Å². The number of hydrogen-bond donors (Lipinski definition) is 2. The van der Waals surface area contributed by atoms with Gasteiger partial charge in [-0.25, -0.2) is 0 Å². The lowest BCUT2D eigenvalue weighted by molar-refractivity contribution is 0.0937. The average Bonchev–Trinajstić information content (AvgIpc) is 2.44. The number of para-hydroxylation sites is 1. The zero-order chi connectivity index (χ0) is 13.9. The molecule has 0 spiro atoms. The second kappa shape index (κ2) is 11.8. The van der Waals surface area contributed by atoms with Gasteiger partial charge < -0.3 is 24.6 Å². The Bertz CT molecular complexity index is 363. The van der Waals surface area contributed by atoms with E-state index in [1.54, 1.807) is 7.11 Å². The Hall–Kier alpha value is -1.01. The van der Waals surface area contributed by atoms with Crippen LogP contribution in [0.15, 0.2) is 18.2 Å². The van der Waals surface area contributed by atoms with Crippen molar-refractivity contribution in [3.63, 3.8) is 0 Å². The Labute approximate surface area is 126 Å². The van der Waals surface area contributed by atoms with E-state index in [4.69, 9.17) is 19.3 Å². The van der Waals surface area contributed by atoms with Crippen LogP contribution in [0.3, 0.4) is 0 Å². The zero-order valence-electron chi connectivity index (χ0n) is 12.1. The average molecular weight is 306 g/mol. The molecular formula is C14H24ClNO4. The van der Waals surface area contributed by atoms with E-state index in [2.05, 4.69) is 5.32 Å². The molecule has 0 unspecified atom stereocenters. The molecule has 0 bridgehead atoms. The lowest BCUT2D eigenvalue weighted by Gasteiger charge is -2.14. The number of methoxy groups -OCH3 is 1. The number of hydrogen-bond acceptors (Lipinski definition) is 5. The first-order valence-electron chi connectivity index (χ1n) is 6.51. The van der Waals surface area contributed by atoms with Crippen molar-refractivity contribution in [3.05, 3.63) is 23.8 Å². The van der Waals surface area contributed by atoms with Crippen LogP contribution in [0.2, 0.25) is 0 Å². The number of aliphatic hydroxyl groups is 1. The van der Waals surface area contributed by atoms with Gasteiger partial charge in [-0.05, 0) is 13.0 Å². The number of halogens is 1. The molecule has 0 heterocycles. The molecule has 20 heavy (non-hydrogen) atoms. The van der Waals surface area contributed by atoms with Gasteiger partial charge in [0, 0.05) is 18.7 Å². The Morgan fingerprint density at radius 3 is 2.70 bits per heavy atom. The summed E-state index contributed by atoms with van der Waals surface area (Å²) in [6, 6.07) is 5.84. The third-order valence-electron chi connectivity index (χ3n) is 2.54. The van der Waals surface area contributed by atoms with E-state index in [0.717, 1.165) is 23.6 Å². The Morgan fingerprint density at radius 1 is 1.25 bits per heavy atom. The van der Waals surface area contributed by atoms with Crippen molar-refractivity contribution in [2.75, 3.05) is 40.1 Å². The second-order valence-electron chi connectivity index (χ2n) is 3.89. The van der Waals surface area contributed by atoms with E-state index < -0.39 is 0 Å². The number of ether oxygens (including phenoxy) is 3. The molecule has 0 amide bonds. The normalized spacial score (nSPS) is 9.95. The van der Waals surface area contributed by atoms with Crippen LogP contribution in [0.5, 0.6) is 11.5 Å². The summed E-state index contributed by atoms with van der Waals surface area (Å²) in [6.45, 7) is 4.99. The van der Waals surface area contributed by atoms with Crippen LogP contribution in [0.1, 0.15) is 12.5 Å². The molecule has 0 aliphatic carbocycles. The summed E-state index contributed by atoms with van der Waals surface area (Å²) >= 11 is 0. The minimum absolute atomic E-state index is 0. The van der Waals surface area contributed by atoms with Crippen LogP contribution in [0.25, 0.3) is 0 Å². The molecule has 1 rings (SSSR count). The molecular weight excluding hydrogens is 282 g/mol. The molecule has 0 aromatic heterocycles. The highest BCUT2D eigenvalue weighted by atomic mass is 35.5.